The second-order valence-electron chi connectivity index (χ2n) is 15.5. The molecule has 5 heteroatoms. The first-order valence-corrected chi connectivity index (χ1v) is 20.8. The van der Waals surface area contributed by atoms with E-state index in [1.165, 1.54) is 28.5 Å². The van der Waals surface area contributed by atoms with Crippen molar-refractivity contribution in [3.8, 4) is 73.2 Å². The Labute approximate surface area is 388 Å². The number of nitriles is 1. The number of benzene rings is 6. The number of hydrogen-bond acceptors (Lipinski definition) is 4. The molecular weight excluding hydrogens is 945 g/mol. The molecule has 6 aromatic carbocycles. The molecule has 0 saturated carbocycles. The smallest absolute Gasteiger partial charge is 0.305 e. The Morgan fingerprint density at radius 1 is 0.508 bits per heavy atom. The van der Waals surface area contributed by atoms with Crippen LogP contribution in [0.3, 0.4) is 0 Å². The normalized spacial score (nSPS) is 11.7. The summed E-state index contributed by atoms with van der Waals surface area (Å²) in [6.07, 6.45) is 8.43. The fourth-order valence-electron chi connectivity index (χ4n) is 8.02. The maximum Gasteiger partial charge on any atom is 3.00 e. The van der Waals surface area contributed by atoms with E-state index in [4.69, 9.17) is 4.11 Å². The predicted molar refractivity (Wildman–Crippen MR) is 251 cm³/mol. The summed E-state index contributed by atoms with van der Waals surface area (Å²) >= 11 is 0. The quantitative estimate of drug-likeness (QED) is 0.114. The van der Waals surface area contributed by atoms with Gasteiger partial charge in [0.05, 0.1) is 11.6 Å². The van der Waals surface area contributed by atoms with Crippen LogP contribution in [0.15, 0.2) is 176 Å². The number of aromatic nitrogens is 3. The molecule has 0 aliphatic carbocycles. The van der Waals surface area contributed by atoms with E-state index in [9.17, 15) is 5.26 Å². The zero-order chi connectivity index (χ0) is 44.8. The molecule has 0 amide bonds. The molecular formula is C58H43IrN4. The molecule has 0 N–H and O–H groups in total. The van der Waals surface area contributed by atoms with Gasteiger partial charge in [0.25, 0.3) is 0 Å². The van der Waals surface area contributed by atoms with Crippen molar-refractivity contribution in [1.29, 1.82) is 5.26 Å². The Balaban J connectivity index is 0.00000592. The Morgan fingerprint density at radius 2 is 1.11 bits per heavy atom. The van der Waals surface area contributed by atoms with Crippen molar-refractivity contribution in [3.63, 3.8) is 0 Å². The average Bonchev–Trinajstić information content (AvgIpc) is 3.35. The Kier molecular flexibility index (Phi) is 12.2. The van der Waals surface area contributed by atoms with E-state index < -0.39 is 6.85 Å². The van der Waals surface area contributed by atoms with Gasteiger partial charge >= 0.3 is 20.1 Å². The first-order chi connectivity index (χ1) is 31.7. The molecule has 3 heterocycles. The Morgan fingerprint density at radius 3 is 1.65 bits per heavy atom. The minimum Gasteiger partial charge on any atom is -0.305 e. The zero-order valence-electron chi connectivity index (χ0n) is 37.7. The van der Waals surface area contributed by atoms with E-state index in [-0.39, 0.29) is 25.7 Å². The van der Waals surface area contributed by atoms with Gasteiger partial charge in [0.15, 0.2) is 0 Å². The number of pyridine rings is 3. The van der Waals surface area contributed by atoms with Gasteiger partial charge in [-0.1, -0.05) is 114 Å². The fraction of sp³-hybridized carbons (Fsp3) is 0.103. The summed E-state index contributed by atoms with van der Waals surface area (Å²) in [6.45, 7) is -0.227. The molecule has 0 unspecified atom stereocenters. The fourth-order valence-corrected chi connectivity index (χ4v) is 8.02. The third kappa shape index (κ3) is 10.0. The second-order valence-corrected chi connectivity index (χ2v) is 15.5. The van der Waals surface area contributed by atoms with E-state index >= 15 is 0 Å². The zero-order valence-corrected chi connectivity index (χ0v) is 37.1. The molecule has 0 bridgehead atoms. The van der Waals surface area contributed by atoms with Gasteiger partial charge in [0, 0.05) is 22.7 Å². The van der Waals surface area contributed by atoms with Crippen molar-refractivity contribution >= 4 is 0 Å². The summed E-state index contributed by atoms with van der Waals surface area (Å²) < 4.78 is 23.5. The monoisotopic (exact) mass is 991 g/mol. The van der Waals surface area contributed by atoms with Crippen LogP contribution in [0.4, 0.5) is 0 Å². The van der Waals surface area contributed by atoms with Crippen LogP contribution in [0.5, 0.6) is 0 Å². The van der Waals surface area contributed by atoms with E-state index in [2.05, 4.69) is 124 Å². The Hall–Kier alpha value is -7.09. The van der Waals surface area contributed by atoms with Crippen molar-refractivity contribution in [2.75, 3.05) is 0 Å². The van der Waals surface area contributed by atoms with Gasteiger partial charge in [-0.15, -0.1) is 94.5 Å². The van der Waals surface area contributed by atoms with E-state index in [0.29, 0.717) is 11.3 Å². The molecule has 0 saturated heterocycles. The molecule has 0 fully saturated rings. The molecule has 3 aromatic heterocycles. The molecule has 0 spiro atoms. The van der Waals surface area contributed by atoms with Crippen LogP contribution in [-0.2, 0) is 45.8 Å². The Bertz CT molecular complexity index is 3020. The van der Waals surface area contributed by atoms with Gasteiger partial charge in [0.2, 0.25) is 0 Å². The molecule has 0 atom stereocenters. The van der Waals surface area contributed by atoms with Crippen LogP contribution < -0.4 is 0 Å². The topological polar surface area (TPSA) is 62.5 Å². The first-order valence-electron chi connectivity index (χ1n) is 22.3. The molecule has 0 radical (unpaired) electrons. The molecule has 304 valence electrons. The first kappa shape index (κ1) is 38.8. The average molecular weight is 991 g/mol. The van der Waals surface area contributed by atoms with Crippen LogP contribution in [0, 0.1) is 43.3 Å². The summed E-state index contributed by atoms with van der Waals surface area (Å²) in [5, 5.41) is 9.74. The van der Waals surface area contributed by atoms with Crippen LogP contribution in [-0.4, -0.2) is 15.0 Å². The molecule has 0 aliphatic heterocycles. The number of rotatable bonds is 12. The molecule has 9 rings (SSSR count). The largest absolute Gasteiger partial charge is 3.00 e. The van der Waals surface area contributed by atoms with Crippen LogP contribution in [0.25, 0.3) is 67.2 Å². The summed E-state index contributed by atoms with van der Waals surface area (Å²) in [6, 6.07) is 65.9. The molecule has 63 heavy (non-hydrogen) atoms. The molecule has 4 nitrogen and oxygen atoms in total. The molecule has 9 aromatic rings. The van der Waals surface area contributed by atoms with E-state index in [1.807, 2.05) is 67.6 Å². The van der Waals surface area contributed by atoms with Gasteiger partial charge in [-0.25, -0.2) is 0 Å². The van der Waals surface area contributed by atoms with Crippen LogP contribution in [0.1, 0.15) is 43.1 Å². The summed E-state index contributed by atoms with van der Waals surface area (Å²) in [7, 11) is 0. The minimum atomic E-state index is -2.25. The summed E-state index contributed by atoms with van der Waals surface area (Å²) in [4.78, 5) is 13.6. The van der Waals surface area contributed by atoms with Gasteiger partial charge in [0.1, 0.15) is 0 Å². The van der Waals surface area contributed by atoms with Gasteiger partial charge in [-0.05, 0) is 107 Å². The number of aryl methyl sites for hydroxylation is 6. The van der Waals surface area contributed by atoms with Gasteiger partial charge in [-0.3, -0.25) is 0 Å². The van der Waals surface area contributed by atoms with Crippen molar-refractivity contribution < 1.29 is 24.2 Å². The standard InChI is InChI=1S/C58H43N4.Ir/c1-40-13-30-58(62-39-40)49-27-29-54(55(37-49)51-28-22-46(38-59)33-41(51)2)53-10-4-3-9-52(53)50-35-44(16-14-42-18-23-47(24-19-42)56-11-5-7-31-60-56)34-45(36-50)17-15-43-20-25-48(26-21-43)57-12-6-8-32-61-57;/h3-13,18-23,25,28-37,39H,14-17H2,1-2H3;/q-3;+3/i1D3;. The number of hydrogen-bond donors (Lipinski definition) is 0. The van der Waals surface area contributed by atoms with Crippen LogP contribution >= 0.6 is 0 Å². The maximum atomic E-state index is 9.74. The maximum absolute atomic E-state index is 9.74. The second kappa shape index (κ2) is 19.7. The summed E-state index contributed by atoms with van der Waals surface area (Å²) in [5.74, 6) is 0. The van der Waals surface area contributed by atoms with Crippen molar-refractivity contribution in [2.24, 2.45) is 0 Å². The minimum absolute atomic E-state index is 0. The summed E-state index contributed by atoms with van der Waals surface area (Å²) in [5.41, 5.74) is 17.9. The van der Waals surface area contributed by atoms with Crippen molar-refractivity contribution in [3.05, 3.63) is 233 Å². The van der Waals surface area contributed by atoms with Crippen molar-refractivity contribution in [1.82, 2.24) is 15.0 Å². The molecule has 0 aliphatic rings. The van der Waals surface area contributed by atoms with Gasteiger partial charge in [-0.2, -0.15) is 5.26 Å². The van der Waals surface area contributed by atoms with Gasteiger partial charge < -0.3 is 15.0 Å². The number of nitrogens with zero attached hydrogens (tertiary/aromatic N) is 4. The third-order valence-corrected chi connectivity index (χ3v) is 11.3. The van der Waals surface area contributed by atoms with Crippen molar-refractivity contribution in [2.45, 2.75) is 39.5 Å². The van der Waals surface area contributed by atoms with E-state index in [1.54, 1.807) is 24.5 Å². The SMILES string of the molecule is [2H]C([2H])([2H])c1ccc(-c2[c-]cc(-c3ccccc3-c3cc(CCc4c[c-]c(-c5ccccn5)cc4)cc(CCc4c[c-]c(-c5ccccn5)cc4)c3)c(-c3ccc(C#N)cc3C)c2)nc1.[Ir+3]. The predicted octanol–water partition coefficient (Wildman–Crippen LogP) is 13.3. The third-order valence-electron chi connectivity index (χ3n) is 11.3. The van der Waals surface area contributed by atoms with E-state index in [0.717, 1.165) is 92.7 Å². The van der Waals surface area contributed by atoms with Crippen LogP contribution in [0.2, 0.25) is 0 Å².